The van der Waals surface area contributed by atoms with Gasteiger partial charge in [-0.2, -0.15) is 4.98 Å². The number of benzene rings is 1. The van der Waals surface area contributed by atoms with E-state index in [9.17, 15) is 4.79 Å². The average molecular weight is 406 g/mol. The third kappa shape index (κ3) is 4.03. The van der Waals surface area contributed by atoms with Gasteiger partial charge in [0.2, 0.25) is 5.95 Å². The Morgan fingerprint density at radius 1 is 1.03 bits per heavy atom. The minimum absolute atomic E-state index is 0.0615. The third-order valence-electron chi connectivity index (χ3n) is 5.98. The van der Waals surface area contributed by atoms with Crippen molar-refractivity contribution < 1.29 is 4.74 Å². The van der Waals surface area contributed by atoms with Gasteiger partial charge in [0.1, 0.15) is 5.65 Å². The summed E-state index contributed by atoms with van der Waals surface area (Å²) in [6.45, 7) is 3.54. The Bertz CT molecular complexity index is 1070. The van der Waals surface area contributed by atoms with Crippen LogP contribution < -0.4 is 15.8 Å². The molecule has 7 nitrogen and oxygen atoms in total. The zero-order chi connectivity index (χ0) is 20.3. The molecule has 0 amide bonds. The van der Waals surface area contributed by atoms with Crippen LogP contribution in [-0.2, 0) is 11.3 Å². The van der Waals surface area contributed by atoms with Crippen molar-refractivity contribution in [2.24, 2.45) is 0 Å². The number of anilines is 3. The van der Waals surface area contributed by atoms with Crippen molar-refractivity contribution >= 4 is 28.4 Å². The summed E-state index contributed by atoms with van der Waals surface area (Å²) in [6.07, 6.45) is 7.70. The SMILES string of the molecule is O=c1ccc2cnc(Nc3ccc(N4CCCCC4)cc3)nc2n1CC1CCCO1. The van der Waals surface area contributed by atoms with Gasteiger partial charge in [0.15, 0.2) is 0 Å². The van der Waals surface area contributed by atoms with Crippen molar-refractivity contribution in [2.75, 3.05) is 29.9 Å². The number of rotatable bonds is 5. The highest BCUT2D eigenvalue weighted by atomic mass is 16.5. The van der Waals surface area contributed by atoms with E-state index in [0.29, 0.717) is 18.1 Å². The van der Waals surface area contributed by atoms with Crippen molar-refractivity contribution in [3.05, 3.63) is 52.9 Å². The molecule has 30 heavy (non-hydrogen) atoms. The number of hydrogen-bond donors (Lipinski definition) is 1. The molecule has 1 aromatic carbocycles. The Labute approximate surface area is 175 Å². The molecule has 1 atom stereocenters. The van der Waals surface area contributed by atoms with Gasteiger partial charge in [-0.3, -0.25) is 9.36 Å². The molecule has 0 spiro atoms. The number of nitrogens with zero attached hydrogens (tertiary/aromatic N) is 4. The molecule has 7 heteroatoms. The highest BCUT2D eigenvalue weighted by molar-refractivity contribution is 5.75. The molecule has 4 heterocycles. The van der Waals surface area contributed by atoms with Gasteiger partial charge >= 0.3 is 0 Å². The van der Waals surface area contributed by atoms with Crippen molar-refractivity contribution in [3.63, 3.8) is 0 Å². The van der Waals surface area contributed by atoms with E-state index in [-0.39, 0.29) is 11.7 Å². The number of nitrogens with one attached hydrogen (secondary N) is 1. The molecule has 0 saturated carbocycles. The van der Waals surface area contributed by atoms with Crippen molar-refractivity contribution in [3.8, 4) is 0 Å². The van der Waals surface area contributed by atoms with Gasteiger partial charge in [0.05, 0.1) is 12.6 Å². The quantitative estimate of drug-likeness (QED) is 0.698. The third-order valence-corrected chi connectivity index (χ3v) is 5.98. The molecule has 0 radical (unpaired) electrons. The molecule has 0 aliphatic carbocycles. The number of fused-ring (bicyclic) bond motifs is 1. The van der Waals surface area contributed by atoms with E-state index in [1.54, 1.807) is 22.9 Å². The van der Waals surface area contributed by atoms with E-state index < -0.39 is 0 Å². The molecular formula is C23H27N5O2. The molecule has 1 N–H and O–H groups in total. The molecular weight excluding hydrogens is 378 g/mol. The Balaban J connectivity index is 1.38. The van der Waals surface area contributed by atoms with Crippen molar-refractivity contribution in [1.82, 2.24) is 14.5 Å². The molecule has 0 bridgehead atoms. The number of piperidine rings is 1. The zero-order valence-electron chi connectivity index (χ0n) is 17.1. The lowest BCUT2D eigenvalue weighted by atomic mass is 10.1. The number of aromatic nitrogens is 3. The van der Waals surface area contributed by atoms with Crippen LogP contribution >= 0.6 is 0 Å². The smallest absolute Gasteiger partial charge is 0.252 e. The maximum atomic E-state index is 12.5. The predicted octanol–water partition coefficient (Wildman–Crippen LogP) is 3.70. The second-order valence-electron chi connectivity index (χ2n) is 8.11. The zero-order valence-corrected chi connectivity index (χ0v) is 17.1. The largest absolute Gasteiger partial charge is 0.376 e. The van der Waals surface area contributed by atoms with Crippen LogP contribution in [-0.4, -0.2) is 40.3 Å². The minimum atomic E-state index is -0.0615. The van der Waals surface area contributed by atoms with E-state index in [1.165, 1.54) is 24.9 Å². The van der Waals surface area contributed by atoms with Gasteiger partial charge in [0, 0.05) is 48.7 Å². The van der Waals surface area contributed by atoms with Crippen LogP contribution in [0, 0.1) is 0 Å². The first-order chi connectivity index (χ1) is 14.8. The molecule has 2 fully saturated rings. The first kappa shape index (κ1) is 19.1. The van der Waals surface area contributed by atoms with Gasteiger partial charge in [-0.05, 0) is 62.4 Å². The number of hydrogen-bond acceptors (Lipinski definition) is 6. The Morgan fingerprint density at radius 2 is 1.87 bits per heavy atom. The molecule has 2 saturated heterocycles. The van der Waals surface area contributed by atoms with Crippen LogP contribution in [0.5, 0.6) is 0 Å². The Hall–Kier alpha value is -2.93. The molecule has 156 valence electrons. The summed E-state index contributed by atoms with van der Waals surface area (Å²) >= 11 is 0. The summed E-state index contributed by atoms with van der Waals surface area (Å²) in [4.78, 5) is 24.0. The minimum Gasteiger partial charge on any atom is -0.376 e. The first-order valence-electron chi connectivity index (χ1n) is 10.9. The summed E-state index contributed by atoms with van der Waals surface area (Å²) in [5.41, 5.74) is 2.76. The number of ether oxygens (including phenoxy) is 1. The molecule has 2 aromatic heterocycles. The van der Waals surface area contributed by atoms with Crippen LogP contribution in [0.2, 0.25) is 0 Å². The standard InChI is InChI=1S/C23H27N5O2/c29-21-11-6-17-15-24-23(26-22(17)28(21)16-20-5-4-14-30-20)25-18-7-9-19(10-8-18)27-12-2-1-3-13-27/h6-11,15,20H,1-5,12-14,16H2,(H,24,25,26). The highest BCUT2D eigenvalue weighted by Crippen LogP contribution is 2.23. The topological polar surface area (TPSA) is 72.3 Å². The van der Waals surface area contributed by atoms with E-state index >= 15 is 0 Å². The van der Waals surface area contributed by atoms with Crippen LogP contribution in [0.3, 0.4) is 0 Å². The van der Waals surface area contributed by atoms with E-state index in [0.717, 1.165) is 43.6 Å². The van der Waals surface area contributed by atoms with Crippen LogP contribution in [0.4, 0.5) is 17.3 Å². The normalized spacial score (nSPS) is 19.3. The summed E-state index contributed by atoms with van der Waals surface area (Å²) in [5, 5.41) is 4.13. The fraction of sp³-hybridized carbons (Fsp3) is 0.435. The Morgan fingerprint density at radius 3 is 2.63 bits per heavy atom. The lowest BCUT2D eigenvalue weighted by Crippen LogP contribution is -2.29. The number of pyridine rings is 1. The van der Waals surface area contributed by atoms with Crippen molar-refractivity contribution in [1.29, 1.82) is 0 Å². The van der Waals surface area contributed by atoms with Gasteiger partial charge in [-0.15, -0.1) is 0 Å². The summed E-state index contributed by atoms with van der Waals surface area (Å²) in [7, 11) is 0. The van der Waals surface area contributed by atoms with Gasteiger partial charge in [0.25, 0.3) is 5.56 Å². The van der Waals surface area contributed by atoms with E-state index in [1.807, 2.05) is 0 Å². The summed E-state index contributed by atoms with van der Waals surface area (Å²) in [6, 6.07) is 11.8. The van der Waals surface area contributed by atoms with Gasteiger partial charge in [-0.1, -0.05) is 0 Å². The lowest BCUT2D eigenvalue weighted by molar-refractivity contribution is 0.0971. The second kappa shape index (κ2) is 8.44. The molecule has 5 rings (SSSR count). The van der Waals surface area contributed by atoms with E-state index in [2.05, 4.69) is 44.5 Å². The summed E-state index contributed by atoms with van der Waals surface area (Å²) < 4.78 is 7.43. The predicted molar refractivity (Wildman–Crippen MR) is 119 cm³/mol. The molecule has 2 aliphatic heterocycles. The maximum Gasteiger partial charge on any atom is 0.252 e. The fourth-order valence-corrected chi connectivity index (χ4v) is 4.34. The Kier molecular flexibility index (Phi) is 5.36. The lowest BCUT2D eigenvalue weighted by Gasteiger charge is -2.28. The van der Waals surface area contributed by atoms with E-state index in [4.69, 9.17) is 4.74 Å². The first-order valence-corrected chi connectivity index (χ1v) is 10.9. The average Bonchev–Trinajstić information content (AvgIpc) is 3.30. The van der Waals surface area contributed by atoms with Crippen molar-refractivity contribution in [2.45, 2.75) is 44.8 Å². The van der Waals surface area contributed by atoms with Gasteiger partial charge in [-0.25, -0.2) is 4.98 Å². The van der Waals surface area contributed by atoms with Crippen LogP contribution in [0.1, 0.15) is 32.1 Å². The maximum absolute atomic E-state index is 12.5. The monoisotopic (exact) mass is 405 g/mol. The fourth-order valence-electron chi connectivity index (χ4n) is 4.34. The molecule has 1 unspecified atom stereocenters. The van der Waals surface area contributed by atoms with Crippen LogP contribution in [0.15, 0.2) is 47.4 Å². The highest BCUT2D eigenvalue weighted by Gasteiger charge is 2.18. The summed E-state index contributed by atoms with van der Waals surface area (Å²) in [5.74, 6) is 0.486. The molecule has 2 aliphatic rings. The van der Waals surface area contributed by atoms with Crippen LogP contribution in [0.25, 0.3) is 11.0 Å². The molecule has 3 aromatic rings. The second-order valence-corrected chi connectivity index (χ2v) is 8.11. The van der Waals surface area contributed by atoms with Gasteiger partial charge < -0.3 is 15.0 Å².